The number of nitrogens with zero attached hydrogens (tertiary/aromatic N) is 2. The summed E-state index contributed by atoms with van der Waals surface area (Å²) in [6.07, 6.45) is 0.835. The summed E-state index contributed by atoms with van der Waals surface area (Å²) in [5.74, 6) is 1.39. The van der Waals surface area contributed by atoms with Gasteiger partial charge in [0.15, 0.2) is 10.1 Å². The lowest BCUT2D eigenvalue weighted by molar-refractivity contribution is 0.102. The van der Waals surface area contributed by atoms with E-state index < -0.39 is 0 Å². The lowest BCUT2D eigenvalue weighted by Gasteiger charge is -1.96. The number of hydrogen-bond donors (Lipinski definition) is 0. The van der Waals surface area contributed by atoms with Gasteiger partial charge >= 0.3 is 0 Å². The van der Waals surface area contributed by atoms with Crippen molar-refractivity contribution in [3.63, 3.8) is 0 Å². The van der Waals surface area contributed by atoms with E-state index in [9.17, 15) is 4.79 Å². The number of halogens is 1. The van der Waals surface area contributed by atoms with Gasteiger partial charge in [-0.3, -0.25) is 4.79 Å². The van der Waals surface area contributed by atoms with Crippen LogP contribution in [-0.4, -0.2) is 20.9 Å². The Labute approximate surface area is 120 Å². The van der Waals surface area contributed by atoms with E-state index in [1.54, 1.807) is 0 Å². The number of thioether (sulfide) groups is 1. The van der Waals surface area contributed by atoms with Crippen molar-refractivity contribution in [2.24, 2.45) is 0 Å². The van der Waals surface area contributed by atoms with E-state index >= 15 is 0 Å². The van der Waals surface area contributed by atoms with Crippen molar-refractivity contribution in [1.29, 1.82) is 0 Å². The molecule has 0 amide bonds. The molecule has 0 bridgehead atoms. The summed E-state index contributed by atoms with van der Waals surface area (Å²) in [4.78, 5) is 17.0. The van der Waals surface area contributed by atoms with Gasteiger partial charge in [0.25, 0.3) is 0 Å². The van der Waals surface area contributed by atoms with Gasteiger partial charge in [0.2, 0.25) is 0 Å². The molecule has 7 heteroatoms. The number of rotatable bonds is 5. The highest BCUT2D eigenvalue weighted by atomic mass is 79.9. The number of Topliss-reactive ketones (excluding diaryl/α,β-unsaturated/α-hetero) is 1. The third kappa shape index (κ3) is 3.37. The average molecular weight is 349 g/mol. The minimum atomic E-state index is 0.130. The number of thiophene rings is 1. The highest BCUT2D eigenvalue weighted by Crippen LogP contribution is 2.27. The molecule has 2 aromatic rings. The summed E-state index contributed by atoms with van der Waals surface area (Å²) < 4.78 is 5.92. The van der Waals surface area contributed by atoms with E-state index in [0.717, 1.165) is 25.9 Å². The quantitative estimate of drug-likeness (QED) is 0.607. The average Bonchev–Trinajstić information content (AvgIpc) is 2.94. The molecule has 0 N–H and O–H groups in total. The van der Waals surface area contributed by atoms with Crippen LogP contribution in [0.4, 0.5) is 0 Å². The summed E-state index contributed by atoms with van der Waals surface area (Å²) in [7, 11) is 0. The van der Waals surface area contributed by atoms with Gasteiger partial charge in [-0.25, -0.2) is 4.98 Å². The van der Waals surface area contributed by atoms with E-state index in [1.165, 1.54) is 34.6 Å². The Morgan fingerprint density at radius 3 is 3.00 bits per heavy atom. The van der Waals surface area contributed by atoms with Crippen LogP contribution >= 0.6 is 50.6 Å². The number of carbonyl (C=O) groups excluding carboxylic acids is 1. The molecule has 0 spiro atoms. The van der Waals surface area contributed by atoms with Crippen LogP contribution in [0.15, 0.2) is 20.3 Å². The molecule has 0 aliphatic carbocycles. The minimum Gasteiger partial charge on any atom is -0.292 e. The third-order valence-corrected chi connectivity index (χ3v) is 5.71. The fraction of sp³-hybridized carbons (Fsp3) is 0.300. The van der Waals surface area contributed by atoms with Gasteiger partial charge in [0.05, 0.1) is 10.6 Å². The van der Waals surface area contributed by atoms with E-state index in [1.807, 2.05) is 18.4 Å². The maximum Gasteiger partial charge on any atom is 0.184 e. The predicted octanol–water partition coefficient (Wildman–Crippen LogP) is 3.90. The van der Waals surface area contributed by atoms with Crippen LogP contribution in [0.1, 0.15) is 22.4 Å². The molecule has 0 aromatic carbocycles. The maximum atomic E-state index is 11.9. The monoisotopic (exact) mass is 348 g/mol. The van der Waals surface area contributed by atoms with Crippen molar-refractivity contribution in [2.75, 3.05) is 5.75 Å². The van der Waals surface area contributed by atoms with Gasteiger partial charge in [-0.2, -0.15) is 4.37 Å². The SMILES string of the molecule is CCc1nsc(SCC(=O)c2sccc2Br)n1. The van der Waals surface area contributed by atoms with Crippen LogP contribution < -0.4 is 0 Å². The van der Waals surface area contributed by atoms with Gasteiger partial charge in [0.1, 0.15) is 5.82 Å². The first-order valence-corrected chi connectivity index (χ1v) is 8.35. The molecule has 0 unspecified atom stereocenters. The van der Waals surface area contributed by atoms with Crippen molar-refractivity contribution >= 4 is 56.3 Å². The Hall–Kier alpha value is -0.240. The summed E-state index contributed by atoms with van der Waals surface area (Å²) in [5, 5.41) is 1.90. The first kappa shape index (κ1) is 13.2. The van der Waals surface area contributed by atoms with Gasteiger partial charge in [0, 0.05) is 10.9 Å². The van der Waals surface area contributed by atoms with Crippen molar-refractivity contribution in [3.05, 3.63) is 26.6 Å². The molecule has 3 nitrogen and oxygen atoms in total. The molecule has 2 heterocycles. The lowest BCUT2D eigenvalue weighted by Crippen LogP contribution is -2.00. The smallest absolute Gasteiger partial charge is 0.184 e. The molecule has 0 fully saturated rings. The Bertz CT molecular complexity index is 523. The standard InChI is InChI=1S/C10H9BrN2OS3/c1-2-8-12-10(17-13-8)16-5-7(14)9-6(11)3-4-15-9/h3-4H,2,5H2,1H3. The molecule has 0 aliphatic heterocycles. The molecular weight excluding hydrogens is 340 g/mol. The topological polar surface area (TPSA) is 42.9 Å². The van der Waals surface area contributed by atoms with Crippen LogP contribution in [-0.2, 0) is 6.42 Å². The van der Waals surface area contributed by atoms with E-state index in [4.69, 9.17) is 0 Å². The van der Waals surface area contributed by atoms with E-state index in [-0.39, 0.29) is 5.78 Å². The van der Waals surface area contributed by atoms with Crippen molar-refractivity contribution in [2.45, 2.75) is 17.7 Å². The highest BCUT2D eigenvalue weighted by molar-refractivity contribution is 9.10. The fourth-order valence-corrected chi connectivity index (χ4v) is 4.32. The molecule has 2 aromatic heterocycles. The molecule has 17 heavy (non-hydrogen) atoms. The van der Waals surface area contributed by atoms with Crippen LogP contribution in [0.3, 0.4) is 0 Å². The Kier molecular flexibility index (Phi) is 4.72. The van der Waals surface area contributed by atoms with Crippen molar-refractivity contribution in [3.8, 4) is 0 Å². The number of carbonyl (C=O) groups is 1. The maximum absolute atomic E-state index is 11.9. The normalized spacial score (nSPS) is 10.7. The number of aromatic nitrogens is 2. The third-order valence-electron chi connectivity index (χ3n) is 1.96. The summed E-state index contributed by atoms with van der Waals surface area (Å²) in [6, 6.07) is 1.89. The van der Waals surface area contributed by atoms with Crippen molar-refractivity contribution < 1.29 is 4.79 Å². The molecule has 0 atom stereocenters. The molecule has 0 aliphatic rings. The molecule has 0 radical (unpaired) electrons. The van der Waals surface area contributed by atoms with Gasteiger partial charge in [-0.05, 0) is 38.9 Å². The Morgan fingerprint density at radius 1 is 1.59 bits per heavy atom. The van der Waals surface area contributed by atoms with Gasteiger partial charge < -0.3 is 0 Å². The molecule has 2 rings (SSSR count). The van der Waals surface area contributed by atoms with E-state index in [0.29, 0.717) is 5.75 Å². The second kappa shape index (κ2) is 6.08. The molecule has 0 saturated heterocycles. The Balaban J connectivity index is 1.94. The fourth-order valence-electron chi connectivity index (χ4n) is 1.13. The van der Waals surface area contributed by atoms with Crippen LogP contribution in [0.2, 0.25) is 0 Å². The second-order valence-corrected chi connectivity index (χ2v) is 6.88. The first-order chi connectivity index (χ1) is 8.20. The second-order valence-electron chi connectivity index (χ2n) is 3.14. The van der Waals surface area contributed by atoms with Crippen LogP contribution in [0.5, 0.6) is 0 Å². The highest BCUT2D eigenvalue weighted by Gasteiger charge is 2.13. The predicted molar refractivity (Wildman–Crippen MR) is 76.4 cm³/mol. The zero-order valence-corrected chi connectivity index (χ0v) is 13.0. The summed E-state index contributed by atoms with van der Waals surface area (Å²) >= 11 is 7.64. The van der Waals surface area contributed by atoms with Crippen LogP contribution in [0.25, 0.3) is 0 Å². The molecule has 90 valence electrons. The Morgan fingerprint density at radius 2 is 2.41 bits per heavy atom. The zero-order valence-electron chi connectivity index (χ0n) is 8.97. The minimum absolute atomic E-state index is 0.130. The van der Waals surface area contributed by atoms with Crippen molar-refractivity contribution in [1.82, 2.24) is 9.36 Å². The summed E-state index contributed by atoms with van der Waals surface area (Å²) in [5.41, 5.74) is 0. The number of aryl methyl sites for hydroxylation is 1. The zero-order chi connectivity index (χ0) is 12.3. The number of ketones is 1. The lowest BCUT2D eigenvalue weighted by atomic mass is 10.3. The van der Waals surface area contributed by atoms with Gasteiger partial charge in [-0.1, -0.05) is 18.7 Å². The number of hydrogen-bond acceptors (Lipinski definition) is 6. The molecular formula is C10H9BrN2OS3. The summed E-state index contributed by atoms with van der Waals surface area (Å²) in [6.45, 7) is 2.02. The molecule has 0 saturated carbocycles. The van der Waals surface area contributed by atoms with E-state index in [2.05, 4.69) is 25.3 Å². The van der Waals surface area contributed by atoms with Crippen LogP contribution in [0, 0.1) is 0 Å². The van der Waals surface area contributed by atoms with Gasteiger partial charge in [-0.15, -0.1) is 11.3 Å². The first-order valence-electron chi connectivity index (χ1n) is 4.92. The largest absolute Gasteiger partial charge is 0.292 e.